The summed E-state index contributed by atoms with van der Waals surface area (Å²) in [7, 11) is 0. The van der Waals surface area contributed by atoms with E-state index in [9.17, 15) is 4.79 Å². The number of carbonyl (C=O) groups is 1. The highest BCUT2D eigenvalue weighted by Gasteiger charge is 2.35. The predicted octanol–water partition coefficient (Wildman–Crippen LogP) is 4.18. The molecule has 0 aromatic heterocycles. The molecule has 0 saturated heterocycles. The number of hydrogen-bond acceptors (Lipinski definition) is 3. The first kappa shape index (κ1) is 16.2. The number of amides is 1. The second-order valence-corrected chi connectivity index (χ2v) is 6.87. The molecule has 2 aliphatic rings. The van der Waals surface area contributed by atoms with Crippen molar-refractivity contribution in [3.63, 3.8) is 0 Å². The minimum atomic E-state index is -0.296. The molecule has 1 aliphatic carbocycles. The van der Waals surface area contributed by atoms with Gasteiger partial charge in [0.15, 0.2) is 11.5 Å². The van der Waals surface area contributed by atoms with Gasteiger partial charge in [-0.2, -0.15) is 0 Å². The Morgan fingerprint density at radius 2 is 2.04 bits per heavy atom. The molecule has 1 aromatic rings. The van der Waals surface area contributed by atoms with Crippen molar-refractivity contribution in [3.05, 3.63) is 34.4 Å². The van der Waals surface area contributed by atoms with Crippen LogP contribution in [0.1, 0.15) is 44.0 Å². The van der Waals surface area contributed by atoms with Crippen molar-refractivity contribution >= 4 is 17.5 Å². The number of hydrogen-bond donors (Lipinski definition) is 1. The van der Waals surface area contributed by atoms with Gasteiger partial charge in [0.1, 0.15) is 0 Å². The Morgan fingerprint density at radius 3 is 2.70 bits per heavy atom. The third kappa shape index (κ3) is 3.63. The Morgan fingerprint density at radius 1 is 1.35 bits per heavy atom. The standard InChI is InChI=1S/C18H22ClNO3/c1-4-17-22-15-7-13(14(19)8-16(15)23-17)18(21)20-9-12-6-11(12)5-10(2)3/h5,7-8,11-12,17H,4,6,9H2,1-3H3,(H,20,21). The molecule has 3 unspecified atom stereocenters. The summed E-state index contributed by atoms with van der Waals surface area (Å²) < 4.78 is 11.2. The third-order valence-corrected chi connectivity index (χ3v) is 4.49. The molecule has 1 fully saturated rings. The number of nitrogens with one attached hydrogen (secondary N) is 1. The Kier molecular flexibility index (Phi) is 4.53. The lowest BCUT2D eigenvalue weighted by atomic mass is 10.1. The van der Waals surface area contributed by atoms with Crippen molar-refractivity contribution in [3.8, 4) is 11.5 Å². The van der Waals surface area contributed by atoms with E-state index in [2.05, 4.69) is 25.2 Å². The van der Waals surface area contributed by atoms with Crippen molar-refractivity contribution in [1.82, 2.24) is 5.32 Å². The van der Waals surface area contributed by atoms with Gasteiger partial charge in [-0.1, -0.05) is 30.2 Å². The fourth-order valence-electron chi connectivity index (χ4n) is 2.82. The van der Waals surface area contributed by atoms with Crippen LogP contribution >= 0.6 is 11.6 Å². The van der Waals surface area contributed by atoms with E-state index in [0.29, 0.717) is 40.5 Å². The van der Waals surface area contributed by atoms with Crippen molar-refractivity contribution in [2.24, 2.45) is 11.8 Å². The summed E-state index contributed by atoms with van der Waals surface area (Å²) in [5.41, 5.74) is 1.76. The number of carbonyl (C=O) groups excluding carboxylic acids is 1. The van der Waals surface area contributed by atoms with Crippen molar-refractivity contribution < 1.29 is 14.3 Å². The van der Waals surface area contributed by atoms with Crippen molar-refractivity contribution in [2.75, 3.05) is 6.54 Å². The minimum Gasteiger partial charge on any atom is -0.451 e. The molecule has 1 aliphatic heterocycles. The number of halogens is 1. The molecule has 23 heavy (non-hydrogen) atoms. The first-order valence-electron chi connectivity index (χ1n) is 8.08. The molecule has 124 valence electrons. The highest BCUT2D eigenvalue weighted by molar-refractivity contribution is 6.34. The van der Waals surface area contributed by atoms with E-state index < -0.39 is 0 Å². The van der Waals surface area contributed by atoms with Gasteiger partial charge in [-0.25, -0.2) is 0 Å². The molecule has 1 amide bonds. The molecular weight excluding hydrogens is 314 g/mol. The van der Waals surface area contributed by atoms with E-state index in [1.807, 2.05) is 6.92 Å². The van der Waals surface area contributed by atoms with Gasteiger partial charge in [-0.05, 0) is 38.2 Å². The normalized spacial score (nSPS) is 24.3. The second kappa shape index (κ2) is 6.44. The fourth-order valence-corrected chi connectivity index (χ4v) is 3.06. The van der Waals surface area contributed by atoms with E-state index in [1.165, 1.54) is 5.57 Å². The van der Waals surface area contributed by atoms with Crippen LogP contribution in [0.4, 0.5) is 0 Å². The second-order valence-electron chi connectivity index (χ2n) is 6.47. The lowest BCUT2D eigenvalue weighted by Crippen LogP contribution is -2.26. The van der Waals surface area contributed by atoms with Crippen LogP contribution in [0.3, 0.4) is 0 Å². The fraction of sp³-hybridized carbons (Fsp3) is 0.500. The van der Waals surface area contributed by atoms with E-state index >= 15 is 0 Å². The minimum absolute atomic E-state index is 0.163. The maximum absolute atomic E-state index is 12.4. The first-order chi connectivity index (χ1) is 11.0. The molecule has 1 aromatic carbocycles. The van der Waals surface area contributed by atoms with Gasteiger partial charge in [-0.15, -0.1) is 0 Å². The molecule has 3 rings (SSSR count). The zero-order valence-electron chi connectivity index (χ0n) is 13.7. The van der Waals surface area contributed by atoms with Crippen molar-refractivity contribution in [1.29, 1.82) is 0 Å². The smallest absolute Gasteiger partial charge is 0.252 e. The number of fused-ring (bicyclic) bond motifs is 1. The van der Waals surface area contributed by atoms with Crippen LogP contribution < -0.4 is 14.8 Å². The summed E-state index contributed by atoms with van der Waals surface area (Å²) in [6.07, 6.45) is 3.85. The topological polar surface area (TPSA) is 47.6 Å². The largest absolute Gasteiger partial charge is 0.451 e. The number of benzene rings is 1. The monoisotopic (exact) mass is 335 g/mol. The molecule has 1 saturated carbocycles. The summed E-state index contributed by atoms with van der Waals surface area (Å²) in [5, 5.41) is 3.36. The third-order valence-electron chi connectivity index (χ3n) is 4.18. The quantitative estimate of drug-likeness (QED) is 0.821. The van der Waals surface area contributed by atoms with Crippen LogP contribution in [0.2, 0.25) is 5.02 Å². The van der Waals surface area contributed by atoms with Crippen molar-refractivity contribution in [2.45, 2.75) is 39.9 Å². The van der Waals surface area contributed by atoms with E-state index in [-0.39, 0.29) is 12.2 Å². The first-order valence-corrected chi connectivity index (χ1v) is 8.45. The van der Waals surface area contributed by atoms with Gasteiger partial charge >= 0.3 is 0 Å². The molecule has 1 N–H and O–H groups in total. The molecule has 4 nitrogen and oxygen atoms in total. The summed E-state index contributed by atoms with van der Waals surface area (Å²) in [6, 6.07) is 3.33. The Bertz CT molecular complexity index is 652. The van der Waals surface area contributed by atoms with Crippen LogP contribution in [0.15, 0.2) is 23.8 Å². The van der Waals surface area contributed by atoms with Gasteiger partial charge in [0.2, 0.25) is 6.29 Å². The average Bonchev–Trinajstić information content (AvgIpc) is 3.09. The Hall–Kier alpha value is -1.68. The highest BCUT2D eigenvalue weighted by atomic mass is 35.5. The van der Waals surface area contributed by atoms with Gasteiger partial charge in [0.25, 0.3) is 5.91 Å². The molecule has 5 heteroatoms. The van der Waals surface area contributed by atoms with Crippen LogP contribution in [-0.2, 0) is 0 Å². The molecule has 1 heterocycles. The van der Waals surface area contributed by atoms with Crippen LogP contribution in [0.5, 0.6) is 11.5 Å². The van der Waals surface area contributed by atoms with Crippen LogP contribution in [-0.4, -0.2) is 18.7 Å². The molecule has 0 spiro atoms. The zero-order chi connectivity index (χ0) is 16.6. The van der Waals surface area contributed by atoms with Gasteiger partial charge in [-0.3, -0.25) is 4.79 Å². The van der Waals surface area contributed by atoms with E-state index in [4.69, 9.17) is 21.1 Å². The summed E-state index contributed by atoms with van der Waals surface area (Å²) in [6.45, 7) is 6.85. The van der Waals surface area contributed by atoms with E-state index in [0.717, 1.165) is 12.8 Å². The summed E-state index contributed by atoms with van der Waals surface area (Å²) in [5.74, 6) is 2.15. The van der Waals surface area contributed by atoms with E-state index in [1.54, 1.807) is 12.1 Å². The summed E-state index contributed by atoms with van der Waals surface area (Å²) >= 11 is 6.22. The van der Waals surface area contributed by atoms with Crippen LogP contribution in [0.25, 0.3) is 0 Å². The van der Waals surface area contributed by atoms with Gasteiger partial charge < -0.3 is 14.8 Å². The predicted molar refractivity (Wildman–Crippen MR) is 90.1 cm³/mol. The maximum Gasteiger partial charge on any atom is 0.252 e. The zero-order valence-corrected chi connectivity index (χ0v) is 14.4. The number of ether oxygens (including phenoxy) is 2. The molecule has 0 bridgehead atoms. The Balaban J connectivity index is 1.62. The molecular formula is C18H22ClNO3. The Labute approximate surface area is 141 Å². The van der Waals surface area contributed by atoms with Gasteiger partial charge in [0, 0.05) is 19.0 Å². The molecule has 3 atom stereocenters. The van der Waals surface area contributed by atoms with Crippen LogP contribution in [0, 0.1) is 11.8 Å². The number of rotatable bonds is 5. The average molecular weight is 336 g/mol. The lowest BCUT2D eigenvalue weighted by molar-refractivity contribution is 0.0464. The SMILES string of the molecule is CCC1Oc2cc(Cl)c(C(=O)NCC3CC3C=C(C)C)cc2O1. The highest BCUT2D eigenvalue weighted by Crippen LogP contribution is 2.41. The lowest BCUT2D eigenvalue weighted by Gasteiger charge is -2.07. The molecule has 0 radical (unpaired) electrons. The maximum atomic E-state index is 12.4. The number of allylic oxidation sites excluding steroid dienone is 2. The summed E-state index contributed by atoms with van der Waals surface area (Å²) in [4.78, 5) is 12.4. The van der Waals surface area contributed by atoms with Gasteiger partial charge in [0.05, 0.1) is 10.6 Å².